The zero-order chi connectivity index (χ0) is 10.7. The van der Waals surface area contributed by atoms with Crippen molar-refractivity contribution in [3.8, 4) is 0 Å². The molecule has 0 aliphatic rings. The van der Waals surface area contributed by atoms with Gasteiger partial charge in [0.1, 0.15) is 4.60 Å². The number of aromatic amines is 1. The smallest absolute Gasteiger partial charge is 0.198 e. The van der Waals surface area contributed by atoms with E-state index in [4.69, 9.17) is 5.73 Å². The molecule has 0 fully saturated rings. The Morgan fingerprint density at radius 2 is 2.00 bits per heavy atom. The lowest BCUT2D eigenvalue weighted by molar-refractivity contribution is 0.917. The Bertz CT molecular complexity index is 438. The van der Waals surface area contributed by atoms with Crippen LogP contribution in [-0.2, 0) is 12.8 Å². The van der Waals surface area contributed by atoms with Gasteiger partial charge in [0.05, 0.1) is 5.69 Å². The summed E-state index contributed by atoms with van der Waals surface area (Å²) in [5.74, 6) is 0.451. The third-order valence-corrected chi connectivity index (χ3v) is 2.82. The second-order valence-corrected chi connectivity index (χ2v) is 4.00. The summed E-state index contributed by atoms with van der Waals surface area (Å²) < 4.78 is 0.800. The standard InChI is InChI=1S/C10H11BrN4/c11-9-8(14-10(12)15-9)2-1-7-3-5-13-6-4-7/h3-6H,1-2H2,(H3,12,14,15). The predicted molar refractivity (Wildman–Crippen MR) is 62.3 cm³/mol. The monoisotopic (exact) mass is 266 g/mol. The van der Waals surface area contributed by atoms with E-state index in [0.29, 0.717) is 5.95 Å². The number of pyridine rings is 1. The van der Waals surface area contributed by atoms with Gasteiger partial charge in [-0.05, 0) is 46.5 Å². The molecular weight excluding hydrogens is 256 g/mol. The fraction of sp³-hybridized carbons (Fsp3) is 0.200. The lowest BCUT2D eigenvalue weighted by Gasteiger charge is -1.99. The van der Waals surface area contributed by atoms with Crippen LogP contribution in [0.2, 0.25) is 0 Å². The molecule has 0 atom stereocenters. The van der Waals surface area contributed by atoms with Gasteiger partial charge in [-0.1, -0.05) is 0 Å². The topological polar surface area (TPSA) is 67.6 Å². The maximum absolute atomic E-state index is 5.54. The Hall–Kier alpha value is -1.36. The van der Waals surface area contributed by atoms with E-state index in [1.54, 1.807) is 12.4 Å². The van der Waals surface area contributed by atoms with Crippen LogP contribution in [0.15, 0.2) is 29.1 Å². The van der Waals surface area contributed by atoms with Crippen molar-refractivity contribution in [1.82, 2.24) is 15.0 Å². The Balaban J connectivity index is 2.02. The van der Waals surface area contributed by atoms with Crippen LogP contribution in [0.3, 0.4) is 0 Å². The summed E-state index contributed by atoms with van der Waals surface area (Å²) in [6.45, 7) is 0. The number of nitrogens with two attached hydrogens (primary N) is 1. The normalized spacial score (nSPS) is 10.5. The molecule has 2 heterocycles. The third kappa shape index (κ3) is 2.56. The number of aromatic nitrogens is 3. The van der Waals surface area contributed by atoms with Gasteiger partial charge in [-0.15, -0.1) is 0 Å². The summed E-state index contributed by atoms with van der Waals surface area (Å²) in [6.07, 6.45) is 5.43. The molecule has 15 heavy (non-hydrogen) atoms. The molecular formula is C10H11BrN4. The maximum Gasteiger partial charge on any atom is 0.198 e. The number of nitrogen functional groups attached to an aromatic ring is 1. The quantitative estimate of drug-likeness (QED) is 0.892. The first-order valence-corrected chi connectivity index (χ1v) is 5.44. The highest BCUT2D eigenvalue weighted by Gasteiger charge is 2.05. The molecule has 5 heteroatoms. The number of aryl methyl sites for hydroxylation is 2. The van der Waals surface area contributed by atoms with Crippen LogP contribution in [0.5, 0.6) is 0 Å². The number of anilines is 1. The van der Waals surface area contributed by atoms with E-state index in [9.17, 15) is 0 Å². The Labute approximate surface area is 96.1 Å². The SMILES string of the molecule is Nc1nc(Br)c(CCc2ccncc2)[nH]1. The summed E-state index contributed by atoms with van der Waals surface area (Å²) in [5, 5.41) is 0. The molecule has 4 nitrogen and oxygen atoms in total. The van der Waals surface area contributed by atoms with Crippen LogP contribution >= 0.6 is 15.9 Å². The zero-order valence-electron chi connectivity index (χ0n) is 8.07. The van der Waals surface area contributed by atoms with Crippen LogP contribution in [0.1, 0.15) is 11.3 Å². The molecule has 78 valence electrons. The van der Waals surface area contributed by atoms with Gasteiger partial charge in [0.15, 0.2) is 5.95 Å². The second kappa shape index (κ2) is 4.44. The van der Waals surface area contributed by atoms with Gasteiger partial charge in [0, 0.05) is 12.4 Å². The first-order valence-electron chi connectivity index (χ1n) is 4.64. The third-order valence-electron chi connectivity index (χ3n) is 2.16. The fourth-order valence-corrected chi connectivity index (χ4v) is 1.88. The van der Waals surface area contributed by atoms with Crippen molar-refractivity contribution >= 4 is 21.9 Å². The molecule has 0 unspecified atom stereocenters. The predicted octanol–water partition coefficient (Wildman–Crippen LogP) is 1.93. The van der Waals surface area contributed by atoms with Crippen molar-refractivity contribution in [2.24, 2.45) is 0 Å². The van der Waals surface area contributed by atoms with E-state index in [-0.39, 0.29) is 0 Å². The molecule has 0 aliphatic carbocycles. The highest BCUT2D eigenvalue weighted by atomic mass is 79.9. The number of hydrogen-bond donors (Lipinski definition) is 2. The molecule has 0 radical (unpaired) electrons. The molecule has 0 saturated heterocycles. The van der Waals surface area contributed by atoms with Gasteiger partial charge < -0.3 is 10.7 Å². The van der Waals surface area contributed by atoms with Gasteiger partial charge in [-0.25, -0.2) is 4.98 Å². The largest absolute Gasteiger partial charge is 0.369 e. The number of nitrogens with one attached hydrogen (secondary N) is 1. The molecule has 2 aromatic rings. The van der Waals surface area contributed by atoms with Crippen LogP contribution in [0.25, 0.3) is 0 Å². The first-order chi connectivity index (χ1) is 7.25. The van der Waals surface area contributed by atoms with Crippen molar-refractivity contribution < 1.29 is 0 Å². The van der Waals surface area contributed by atoms with Crippen molar-refractivity contribution in [3.05, 3.63) is 40.4 Å². The fourth-order valence-electron chi connectivity index (χ4n) is 1.39. The molecule has 0 spiro atoms. The van der Waals surface area contributed by atoms with Gasteiger partial charge in [-0.2, -0.15) is 0 Å². The summed E-state index contributed by atoms with van der Waals surface area (Å²) in [5.41, 5.74) is 7.83. The van der Waals surface area contributed by atoms with Gasteiger partial charge in [0.25, 0.3) is 0 Å². The van der Waals surface area contributed by atoms with Crippen LogP contribution in [-0.4, -0.2) is 15.0 Å². The van der Waals surface area contributed by atoms with Crippen molar-refractivity contribution in [2.75, 3.05) is 5.73 Å². The number of H-pyrrole nitrogens is 1. The number of hydrogen-bond acceptors (Lipinski definition) is 3. The minimum absolute atomic E-state index is 0.451. The molecule has 0 saturated carbocycles. The van der Waals surface area contributed by atoms with Crippen molar-refractivity contribution in [1.29, 1.82) is 0 Å². The lowest BCUT2D eigenvalue weighted by Crippen LogP contribution is -1.93. The summed E-state index contributed by atoms with van der Waals surface area (Å²) in [7, 11) is 0. The number of rotatable bonds is 3. The summed E-state index contributed by atoms with van der Waals surface area (Å²) in [4.78, 5) is 11.0. The average molecular weight is 267 g/mol. The summed E-state index contributed by atoms with van der Waals surface area (Å²) >= 11 is 3.36. The number of halogens is 1. The van der Waals surface area contributed by atoms with Gasteiger partial charge in [-0.3, -0.25) is 4.98 Å². The minimum atomic E-state index is 0.451. The first kappa shape index (κ1) is 10.2. The molecule has 0 bridgehead atoms. The molecule has 2 aromatic heterocycles. The highest BCUT2D eigenvalue weighted by Crippen LogP contribution is 2.16. The van der Waals surface area contributed by atoms with E-state index < -0.39 is 0 Å². The van der Waals surface area contributed by atoms with Crippen LogP contribution in [0, 0.1) is 0 Å². The van der Waals surface area contributed by atoms with E-state index in [1.807, 2.05) is 12.1 Å². The average Bonchev–Trinajstić information content (AvgIpc) is 2.56. The molecule has 0 amide bonds. The Morgan fingerprint density at radius 1 is 1.27 bits per heavy atom. The second-order valence-electron chi connectivity index (χ2n) is 3.25. The van der Waals surface area contributed by atoms with Crippen LogP contribution in [0.4, 0.5) is 5.95 Å². The van der Waals surface area contributed by atoms with E-state index >= 15 is 0 Å². The maximum atomic E-state index is 5.54. The minimum Gasteiger partial charge on any atom is -0.369 e. The Morgan fingerprint density at radius 3 is 2.60 bits per heavy atom. The van der Waals surface area contributed by atoms with E-state index in [2.05, 4.69) is 30.9 Å². The van der Waals surface area contributed by atoms with E-state index in [1.165, 1.54) is 5.56 Å². The van der Waals surface area contributed by atoms with Gasteiger partial charge in [0.2, 0.25) is 0 Å². The van der Waals surface area contributed by atoms with Crippen LogP contribution < -0.4 is 5.73 Å². The lowest BCUT2D eigenvalue weighted by atomic mass is 10.1. The molecule has 2 rings (SSSR count). The number of nitrogens with zero attached hydrogens (tertiary/aromatic N) is 2. The molecule has 0 aromatic carbocycles. The zero-order valence-corrected chi connectivity index (χ0v) is 9.66. The highest BCUT2D eigenvalue weighted by molar-refractivity contribution is 9.10. The van der Waals surface area contributed by atoms with Crippen molar-refractivity contribution in [3.63, 3.8) is 0 Å². The summed E-state index contributed by atoms with van der Waals surface area (Å²) in [6, 6.07) is 4.02. The Kier molecular flexibility index (Phi) is 3.01. The van der Waals surface area contributed by atoms with Crippen molar-refractivity contribution in [2.45, 2.75) is 12.8 Å². The molecule has 3 N–H and O–H groups in total. The number of imidazole rings is 1. The van der Waals surface area contributed by atoms with Gasteiger partial charge >= 0.3 is 0 Å². The molecule has 0 aliphatic heterocycles. The van der Waals surface area contributed by atoms with E-state index in [0.717, 1.165) is 23.1 Å².